The van der Waals surface area contributed by atoms with Crippen molar-refractivity contribution in [3.63, 3.8) is 0 Å². The average molecular weight is 285 g/mol. The molecule has 16 heavy (non-hydrogen) atoms. The van der Waals surface area contributed by atoms with E-state index >= 15 is 0 Å². The normalized spacial score (nSPS) is 10.4. The summed E-state index contributed by atoms with van der Waals surface area (Å²) in [6, 6.07) is 8.09. The molecule has 0 unspecified atom stereocenters. The third-order valence-corrected chi connectivity index (χ3v) is 2.72. The van der Waals surface area contributed by atoms with Gasteiger partial charge >= 0.3 is 0 Å². The zero-order valence-electron chi connectivity index (χ0n) is 9.54. The van der Waals surface area contributed by atoms with Crippen LogP contribution in [0, 0.1) is 0 Å². The van der Waals surface area contributed by atoms with E-state index in [0.717, 1.165) is 23.9 Å². The first kappa shape index (κ1) is 13.4. The van der Waals surface area contributed by atoms with Gasteiger partial charge in [0, 0.05) is 17.5 Å². The van der Waals surface area contributed by atoms with Gasteiger partial charge in [-0.05, 0) is 37.5 Å². The minimum absolute atomic E-state index is 0.256. The second-order valence-electron chi connectivity index (χ2n) is 3.84. The van der Waals surface area contributed by atoms with Crippen LogP contribution < -0.4 is 0 Å². The van der Waals surface area contributed by atoms with E-state index < -0.39 is 0 Å². The van der Waals surface area contributed by atoms with E-state index in [4.69, 9.17) is 4.74 Å². The lowest BCUT2D eigenvalue weighted by Crippen LogP contribution is -1.97. The highest BCUT2D eigenvalue weighted by Crippen LogP contribution is 2.12. The number of Topliss-reactive ketones (excluding diaryl/α,β-unsaturated/α-hetero) is 1. The molecule has 0 saturated carbocycles. The minimum atomic E-state index is 0.256. The molecule has 0 spiro atoms. The van der Waals surface area contributed by atoms with Gasteiger partial charge in [-0.25, -0.2) is 0 Å². The number of benzene rings is 1. The molecule has 0 aromatic heterocycles. The summed E-state index contributed by atoms with van der Waals surface area (Å²) in [5.74, 6) is 0.256. The maximum atomic E-state index is 10.7. The smallest absolute Gasteiger partial charge is 0.129 e. The summed E-state index contributed by atoms with van der Waals surface area (Å²) in [4.78, 5) is 10.7. The number of carbonyl (C=O) groups excluding carboxylic acids is 1. The molecule has 3 heteroatoms. The number of ketones is 1. The lowest BCUT2D eigenvalue weighted by Gasteiger charge is -2.04. The van der Waals surface area contributed by atoms with E-state index in [-0.39, 0.29) is 5.78 Å². The van der Waals surface area contributed by atoms with Crippen LogP contribution >= 0.6 is 15.9 Å². The van der Waals surface area contributed by atoms with E-state index in [1.54, 1.807) is 6.92 Å². The Hall–Kier alpha value is -0.670. The fraction of sp³-hybridized carbons (Fsp3) is 0.462. The van der Waals surface area contributed by atoms with Gasteiger partial charge in [-0.15, -0.1) is 0 Å². The van der Waals surface area contributed by atoms with Crippen molar-refractivity contribution in [2.24, 2.45) is 0 Å². The predicted octanol–water partition coefficient (Wildman–Crippen LogP) is 3.73. The first-order valence-electron chi connectivity index (χ1n) is 5.50. The lowest BCUT2D eigenvalue weighted by atomic mass is 10.2. The van der Waals surface area contributed by atoms with Gasteiger partial charge in [0.05, 0.1) is 6.61 Å². The Morgan fingerprint density at radius 2 is 2.19 bits per heavy atom. The Labute approximate surface area is 105 Å². The standard InChI is InChI=1S/C13H17BrO2/c1-11(15)5-2-3-8-16-10-12-6-4-7-13(14)9-12/h4,6-7,9H,2-3,5,8,10H2,1H3. The van der Waals surface area contributed by atoms with E-state index in [9.17, 15) is 4.79 Å². The van der Waals surface area contributed by atoms with Crippen LogP contribution in [0.4, 0.5) is 0 Å². The van der Waals surface area contributed by atoms with Crippen LogP contribution in [0.25, 0.3) is 0 Å². The first-order valence-corrected chi connectivity index (χ1v) is 6.29. The number of unbranched alkanes of at least 4 members (excludes halogenated alkanes) is 1. The first-order chi connectivity index (χ1) is 7.68. The van der Waals surface area contributed by atoms with Crippen LogP contribution in [-0.4, -0.2) is 12.4 Å². The van der Waals surface area contributed by atoms with Gasteiger partial charge < -0.3 is 9.53 Å². The number of carbonyl (C=O) groups is 1. The fourth-order valence-electron chi connectivity index (χ4n) is 1.39. The summed E-state index contributed by atoms with van der Waals surface area (Å²) in [5.41, 5.74) is 1.17. The zero-order valence-corrected chi connectivity index (χ0v) is 11.1. The van der Waals surface area contributed by atoms with Gasteiger partial charge in [-0.2, -0.15) is 0 Å². The van der Waals surface area contributed by atoms with Crippen molar-refractivity contribution in [2.45, 2.75) is 32.8 Å². The number of hydrogen-bond donors (Lipinski definition) is 0. The van der Waals surface area contributed by atoms with E-state index in [2.05, 4.69) is 22.0 Å². The molecular weight excluding hydrogens is 268 g/mol. The SMILES string of the molecule is CC(=O)CCCCOCc1cccc(Br)c1. The predicted molar refractivity (Wildman–Crippen MR) is 68.3 cm³/mol. The molecule has 1 rings (SSSR count). The van der Waals surface area contributed by atoms with Crippen LogP contribution in [-0.2, 0) is 16.1 Å². The van der Waals surface area contributed by atoms with Crippen molar-refractivity contribution in [2.75, 3.05) is 6.61 Å². The van der Waals surface area contributed by atoms with Gasteiger partial charge in [0.25, 0.3) is 0 Å². The van der Waals surface area contributed by atoms with Crippen LogP contribution in [0.15, 0.2) is 28.7 Å². The number of ether oxygens (including phenoxy) is 1. The molecule has 0 amide bonds. The van der Waals surface area contributed by atoms with Crippen LogP contribution in [0.5, 0.6) is 0 Å². The van der Waals surface area contributed by atoms with Crippen molar-refractivity contribution in [1.82, 2.24) is 0 Å². The maximum Gasteiger partial charge on any atom is 0.129 e. The van der Waals surface area contributed by atoms with Crippen LogP contribution in [0.3, 0.4) is 0 Å². The van der Waals surface area contributed by atoms with Crippen molar-refractivity contribution in [1.29, 1.82) is 0 Å². The van der Waals surface area contributed by atoms with Crippen molar-refractivity contribution in [3.05, 3.63) is 34.3 Å². The molecule has 0 N–H and O–H groups in total. The monoisotopic (exact) mass is 284 g/mol. The molecule has 0 aliphatic heterocycles. The fourth-order valence-corrected chi connectivity index (χ4v) is 1.84. The summed E-state index contributed by atoms with van der Waals surface area (Å²) in [6.45, 7) is 2.99. The molecule has 1 aromatic carbocycles. The molecule has 88 valence electrons. The number of rotatable bonds is 7. The summed E-state index contributed by atoms with van der Waals surface area (Å²) >= 11 is 3.42. The van der Waals surface area contributed by atoms with Crippen molar-refractivity contribution >= 4 is 21.7 Å². The number of hydrogen-bond acceptors (Lipinski definition) is 2. The Morgan fingerprint density at radius 1 is 1.38 bits per heavy atom. The highest BCUT2D eigenvalue weighted by molar-refractivity contribution is 9.10. The Bertz CT molecular complexity index is 336. The molecule has 0 heterocycles. The zero-order chi connectivity index (χ0) is 11.8. The molecule has 0 atom stereocenters. The Morgan fingerprint density at radius 3 is 2.88 bits per heavy atom. The molecule has 2 nitrogen and oxygen atoms in total. The van der Waals surface area contributed by atoms with Crippen molar-refractivity contribution in [3.8, 4) is 0 Å². The summed E-state index contributed by atoms with van der Waals surface area (Å²) in [5, 5.41) is 0. The van der Waals surface area contributed by atoms with Gasteiger partial charge in [-0.1, -0.05) is 28.1 Å². The molecular formula is C13H17BrO2. The van der Waals surface area contributed by atoms with Gasteiger partial charge in [0.1, 0.15) is 5.78 Å². The molecule has 0 aliphatic carbocycles. The summed E-state index contributed by atoms with van der Waals surface area (Å²) in [6.07, 6.45) is 2.54. The molecule has 0 saturated heterocycles. The van der Waals surface area contributed by atoms with Crippen LogP contribution in [0.1, 0.15) is 31.7 Å². The van der Waals surface area contributed by atoms with E-state index in [1.807, 2.05) is 18.2 Å². The maximum absolute atomic E-state index is 10.7. The number of halogens is 1. The molecule has 0 aliphatic rings. The Balaban J connectivity index is 2.09. The highest BCUT2D eigenvalue weighted by Gasteiger charge is 1.96. The Kier molecular flexibility index (Phi) is 6.34. The highest BCUT2D eigenvalue weighted by atomic mass is 79.9. The second-order valence-corrected chi connectivity index (χ2v) is 4.76. The van der Waals surface area contributed by atoms with Crippen LogP contribution in [0.2, 0.25) is 0 Å². The second kappa shape index (κ2) is 7.58. The minimum Gasteiger partial charge on any atom is -0.377 e. The van der Waals surface area contributed by atoms with E-state index in [1.165, 1.54) is 5.56 Å². The van der Waals surface area contributed by atoms with E-state index in [0.29, 0.717) is 13.0 Å². The average Bonchev–Trinajstić information content (AvgIpc) is 2.23. The topological polar surface area (TPSA) is 26.3 Å². The third-order valence-electron chi connectivity index (χ3n) is 2.23. The quantitative estimate of drug-likeness (QED) is 0.714. The van der Waals surface area contributed by atoms with Gasteiger partial charge in [0.15, 0.2) is 0 Å². The third kappa shape index (κ3) is 6.03. The lowest BCUT2D eigenvalue weighted by molar-refractivity contribution is -0.117. The van der Waals surface area contributed by atoms with Gasteiger partial charge in [0.2, 0.25) is 0 Å². The molecule has 0 radical (unpaired) electrons. The molecule has 0 fully saturated rings. The van der Waals surface area contributed by atoms with Crippen molar-refractivity contribution < 1.29 is 9.53 Å². The largest absolute Gasteiger partial charge is 0.377 e. The summed E-state index contributed by atoms with van der Waals surface area (Å²) in [7, 11) is 0. The summed E-state index contributed by atoms with van der Waals surface area (Å²) < 4.78 is 6.60. The van der Waals surface area contributed by atoms with Gasteiger partial charge in [-0.3, -0.25) is 0 Å². The molecule has 1 aromatic rings. The molecule has 0 bridgehead atoms.